The van der Waals surface area contributed by atoms with E-state index in [1.54, 1.807) is 12.1 Å². The fraction of sp³-hybridized carbons (Fsp3) is 0.263. The molecule has 7 nitrogen and oxygen atoms in total. The molecule has 27 heavy (non-hydrogen) atoms. The lowest BCUT2D eigenvalue weighted by Crippen LogP contribution is -2.40. The maximum absolute atomic E-state index is 13.1. The number of fused-ring (bicyclic) bond motifs is 1. The predicted molar refractivity (Wildman–Crippen MR) is 94.7 cm³/mol. The summed E-state index contributed by atoms with van der Waals surface area (Å²) in [5.41, 5.74) is 1.40. The van der Waals surface area contributed by atoms with Crippen LogP contribution in [0.3, 0.4) is 0 Å². The smallest absolute Gasteiger partial charge is 0.263 e. The number of rotatable bonds is 5. The minimum Gasteiger partial charge on any atom is -0.497 e. The van der Waals surface area contributed by atoms with Crippen LogP contribution in [0.1, 0.15) is 5.56 Å². The summed E-state index contributed by atoms with van der Waals surface area (Å²) in [6.45, 7) is 0.452. The van der Waals surface area contributed by atoms with Crippen LogP contribution in [0, 0.1) is 5.82 Å². The number of nitrogens with zero attached hydrogens (tertiary/aromatic N) is 4. The van der Waals surface area contributed by atoms with E-state index in [1.807, 2.05) is 24.3 Å². The highest BCUT2D eigenvalue weighted by Crippen LogP contribution is 2.32. The maximum Gasteiger partial charge on any atom is 0.263 e. The van der Waals surface area contributed by atoms with Crippen LogP contribution in [0.25, 0.3) is 0 Å². The molecule has 0 N–H and O–H groups in total. The van der Waals surface area contributed by atoms with Crippen molar-refractivity contribution in [3.63, 3.8) is 0 Å². The Labute approximate surface area is 155 Å². The number of methoxy groups -OCH3 is 1. The standard InChI is InChI=1S/C19H17FN4O3/c1-27-15-8-2-12(3-9-15)10-11-23-17-16(21-22-23)18(25)24(19(17)26)14-6-4-13(20)5-7-14/h2-9,16-17H,10-11H2,1H3/t16-,17+/m0/s1. The molecule has 2 aromatic carbocycles. The molecule has 0 aliphatic carbocycles. The molecule has 8 heteroatoms. The summed E-state index contributed by atoms with van der Waals surface area (Å²) < 4.78 is 18.3. The van der Waals surface area contributed by atoms with Gasteiger partial charge in [-0.25, -0.2) is 9.29 Å². The van der Waals surface area contributed by atoms with E-state index in [0.717, 1.165) is 16.2 Å². The maximum atomic E-state index is 13.1. The molecule has 0 saturated carbocycles. The van der Waals surface area contributed by atoms with Crippen molar-refractivity contribution >= 4 is 17.5 Å². The Morgan fingerprint density at radius 3 is 2.41 bits per heavy atom. The second-order valence-electron chi connectivity index (χ2n) is 6.34. The van der Waals surface area contributed by atoms with Crippen LogP contribution in [-0.4, -0.2) is 42.6 Å². The van der Waals surface area contributed by atoms with Crippen molar-refractivity contribution in [2.75, 3.05) is 18.6 Å². The molecule has 2 aliphatic heterocycles. The molecule has 1 saturated heterocycles. The number of anilines is 1. The molecule has 0 bridgehead atoms. The number of hydrogen-bond donors (Lipinski definition) is 0. The van der Waals surface area contributed by atoms with Crippen LogP contribution >= 0.6 is 0 Å². The summed E-state index contributed by atoms with van der Waals surface area (Å²) in [6, 6.07) is 11.3. The molecular weight excluding hydrogens is 351 g/mol. The first kappa shape index (κ1) is 17.1. The summed E-state index contributed by atoms with van der Waals surface area (Å²) >= 11 is 0. The average molecular weight is 368 g/mol. The normalized spacial score (nSPS) is 21.1. The van der Waals surface area contributed by atoms with E-state index in [4.69, 9.17) is 4.74 Å². The topological polar surface area (TPSA) is 74.6 Å². The Hall–Kier alpha value is -3.29. The van der Waals surface area contributed by atoms with Gasteiger partial charge in [-0.1, -0.05) is 17.4 Å². The largest absolute Gasteiger partial charge is 0.497 e. The van der Waals surface area contributed by atoms with E-state index < -0.39 is 29.7 Å². The van der Waals surface area contributed by atoms with Crippen LogP contribution in [0.2, 0.25) is 0 Å². The third-order valence-electron chi connectivity index (χ3n) is 4.73. The van der Waals surface area contributed by atoms with Gasteiger partial charge >= 0.3 is 0 Å². The molecule has 0 radical (unpaired) electrons. The average Bonchev–Trinajstić information content (AvgIpc) is 3.21. The van der Waals surface area contributed by atoms with Crippen molar-refractivity contribution in [2.45, 2.75) is 18.5 Å². The number of hydrogen-bond acceptors (Lipinski definition) is 6. The molecule has 0 unspecified atom stereocenters. The molecule has 138 valence electrons. The van der Waals surface area contributed by atoms with E-state index >= 15 is 0 Å². The number of imide groups is 1. The number of carbonyl (C=O) groups excluding carboxylic acids is 2. The van der Waals surface area contributed by atoms with Crippen molar-refractivity contribution in [1.29, 1.82) is 0 Å². The predicted octanol–water partition coefficient (Wildman–Crippen LogP) is 2.37. The Morgan fingerprint density at radius 1 is 1.04 bits per heavy atom. The monoisotopic (exact) mass is 368 g/mol. The van der Waals surface area contributed by atoms with E-state index in [-0.39, 0.29) is 0 Å². The zero-order valence-corrected chi connectivity index (χ0v) is 14.6. The fourth-order valence-electron chi connectivity index (χ4n) is 3.29. The van der Waals surface area contributed by atoms with E-state index in [2.05, 4.69) is 10.3 Å². The Kier molecular flexibility index (Phi) is 4.31. The van der Waals surface area contributed by atoms with Crippen LogP contribution in [-0.2, 0) is 16.0 Å². The van der Waals surface area contributed by atoms with Gasteiger partial charge in [0, 0.05) is 6.54 Å². The summed E-state index contributed by atoms with van der Waals surface area (Å²) in [5, 5.41) is 9.56. The fourth-order valence-corrected chi connectivity index (χ4v) is 3.29. The van der Waals surface area contributed by atoms with Gasteiger partial charge in [-0.3, -0.25) is 14.6 Å². The first-order valence-corrected chi connectivity index (χ1v) is 8.52. The number of amides is 2. The van der Waals surface area contributed by atoms with Gasteiger partial charge in [0.15, 0.2) is 12.1 Å². The number of benzene rings is 2. The van der Waals surface area contributed by atoms with Gasteiger partial charge in [0.05, 0.1) is 12.8 Å². The van der Waals surface area contributed by atoms with E-state index in [0.29, 0.717) is 18.7 Å². The molecule has 0 aromatic heterocycles. The molecule has 2 heterocycles. The van der Waals surface area contributed by atoms with Crippen LogP contribution in [0.15, 0.2) is 58.9 Å². The Balaban J connectivity index is 1.48. The first-order chi connectivity index (χ1) is 13.1. The number of halogens is 1. The summed E-state index contributed by atoms with van der Waals surface area (Å²) in [4.78, 5) is 26.5. The van der Waals surface area contributed by atoms with E-state index in [9.17, 15) is 14.0 Å². The zero-order valence-electron chi connectivity index (χ0n) is 14.6. The van der Waals surface area contributed by atoms with Gasteiger partial charge in [-0.15, -0.1) is 0 Å². The molecule has 2 atom stereocenters. The van der Waals surface area contributed by atoms with Gasteiger partial charge in [-0.2, -0.15) is 5.11 Å². The van der Waals surface area contributed by atoms with Gasteiger partial charge in [0.2, 0.25) is 0 Å². The molecule has 2 aliphatic rings. The first-order valence-electron chi connectivity index (χ1n) is 8.52. The molecule has 4 rings (SSSR count). The SMILES string of the molecule is COc1ccc(CCN2N=N[C@@H]3C(=O)N(c4ccc(F)cc4)C(=O)[C@@H]32)cc1. The zero-order chi connectivity index (χ0) is 19.0. The molecule has 2 aromatic rings. The van der Waals surface area contributed by atoms with Gasteiger partial charge in [0.1, 0.15) is 11.6 Å². The van der Waals surface area contributed by atoms with Crippen molar-refractivity contribution in [3.05, 3.63) is 59.9 Å². The summed E-state index contributed by atoms with van der Waals surface area (Å²) in [7, 11) is 1.61. The minimum absolute atomic E-state index is 0.339. The van der Waals surface area contributed by atoms with Crippen molar-refractivity contribution < 1.29 is 18.7 Å². The second-order valence-corrected chi connectivity index (χ2v) is 6.34. The highest BCUT2D eigenvalue weighted by atomic mass is 19.1. The summed E-state index contributed by atoms with van der Waals surface area (Å²) in [6.07, 6.45) is 0.643. The van der Waals surface area contributed by atoms with Gasteiger partial charge in [-0.05, 0) is 48.4 Å². The van der Waals surface area contributed by atoms with Crippen LogP contribution in [0.4, 0.5) is 10.1 Å². The molecule has 1 fully saturated rings. The molecule has 2 amide bonds. The minimum atomic E-state index is -0.849. The number of carbonyl (C=O) groups is 2. The Bertz CT molecular complexity index is 898. The lowest BCUT2D eigenvalue weighted by Gasteiger charge is -2.20. The lowest BCUT2D eigenvalue weighted by molar-refractivity contribution is -0.123. The molecular formula is C19H17FN4O3. The third kappa shape index (κ3) is 3.03. The van der Waals surface area contributed by atoms with Crippen molar-refractivity contribution in [3.8, 4) is 5.75 Å². The quantitative estimate of drug-likeness (QED) is 0.760. The Morgan fingerprint density at radius 2 is 1.74 bits per heavy atom. The van der Waals surface area contributed by atoms with Crippen molar-refractivity contribution in [1.82, 2.24) is 5.01 Å². The van der Waals surface area contributed by atoms with Gasteiger partial charge in [0.25, 0.3) is 11.8 Å². The van der Waals surface area contributed by atoms with Crippen LogP contribution < -0.4 is 9.64 Å². The van der Waals surface area contributed by atoms with E-state index in [1.165, 1.54) is 24.3 Å². The van der Waals surface area contributed by atoms with Gasteiger partial charge < -0.3 is 4.74 Å². The highest BCUT2D eigenvalue weighted by Gasteiger charge is 2.54. The highest BCUT2D eigenvalue weighted by molar-refractivity contribution is 6.25. The summed E-state index contributed by atoms with van der Waals surface area (Å²) in [5.74, 6) is -0.492. The third-order valence-corrected chi connectivity index (χ3v) is 4.73. The lowest BCUT2D eigenvalue weighted by atomic mass is 10.1. The second kappa shape index (κ2) is 6.79. The molecule has 0 spiro atoms. The van der Waals surface area contributed by atoms with Crippen LogP contribution in [0.5, 0.6) is 5.75 Å². The van der Waals surface area contributed by atoms with Crippen molar-refractivity contribution in [2.24, 2.45) is 10.3 Å². The number of ether oxygens (including phenoxy) is 1.